The molecule has 1 aromatic heterocycles. The molecule has 1 saturated heterocycles. The lowest BCUT2D eigenvalue weighted by Crippen LogP contribution is -2.40. The summed E-state index contributed by atoms with van der Waals surface area (Å²) >= 11 is 0. The summed E-state index contributed by atoms with van der Waals surface area (Å²) in [7, 11) is 1.88. The predicted molar refractivity (Wildman–Crippen MR) is 86.5 cm³/mol. The molecule has 1 amide bonds. The predicted octanol–water partition coefficient (Wildman–Crippen LogP) is 2.76. The number of hydrogen-bond donors (Lipinski definition) is 0. The van der Waals surface area contributed by atoms with Crippen molar-refractivity contribution in [3.63, 3.8) is 0 Å². The van der Waals surface area contributed by atoms with E-state index in [2.05, 4.69) is 48.1 Å². The van der Waals surface area contributed by atoms with Crippen LogP contribution in [0.25, 0.3) is 0 Å². The summed E-state index contributed by atoms with van der Waals surface area (Å²) in [5.74, 6) is 0.625. The highest BCUT2D eigenvalue weighted by molar-refractivity contribution is 5.79. The number of carbonyl (C=O) groups excluding carboxylic acids is 1. The molecule has 0 N–H and O–H groups in total. The van der Waals surface area contributed by atoms with Crippen molar-refractivity contribution in [1.29, 1.82) is 0 Å². The van der Waals surface area contributed by atoms with E-state index in [9.17, 15) is 4.79 Å². The molecule has 0 spiro atoms. The lowest BCUT2D eigenvalue weighted by atomic mass is 9.92. The van der Waals surface area contributed by atoms with Gasteiger partial charge in [0.15, 0.2) is 0 Å². The van der Waals surface area contributed by atoms with Crippen molar-refractivity contribution < 1.29 is 4.79 Å². The van der Waals surface area contributed by atoms with Gasteiger partial charge in [-0.05, 0) is 31.4 Å². The minimum absolute atomic E-state index is 0.200. The van der Waals surface area contributed by atoms with Gasteiger partial charge in [0.2, 0.25) is 5.91 Å². The monoisotopic (exact) mass is 297 g/mol. The lowest BCUT2D eigenvalue weighted by Gasteiger charge is -2.28. The van der Waals surface area contributed by atoms with Gasteiger partial charge in [0, 0.05) is 31.2 Å². The highest BCUT2D eigenvalue weighted by Gasteiger charge is 2.39. The fraction of sp³-hybridized carbons (Fsp3) is 0.444. The van der Waals surface area contributed by atoms with Crippen LogP contribution < -0.4 is 0 Å². The first kappa shape index (κ1) is 14.8. The lowest BCUT2D eigenvalue weighted by molar-refractivity contribution is -0.132. The molecule has 2 heterocycles. The second-order valence-electron chi connectivity index (χ2n) is 6.34. The van der Waals surface area contributed by atoms with Crippen LogP contribution in [0.2, 0.25) is 0 Å². The number of aromatic nitrogens is 2. The zero-order valence-corrected chi connectivity index (χ0v) is 13.4. The Bertz CT molecular complexity index is 649. The van der Waals surface area contributed by atoms with Crippen molar-refractivity contribution in [1.82, 2.24) is 14.7 Å². The van der Waals surface area contributed by atoms with E-state index in [4.69, 9.17) is 0 Å². The van der Waals surface area contributed by atoms with E-state index in [-0.39, 0.29) is 18.0 Å². The topological polar surface area (TPSA) is 38.1 Å². The molecular weight excluding hydrogens is 274 g/mol. The maximum absolute atomic E-state index is 12.7. The van der Waals surface area contributed by atoms with E-state index in [0.29, 0.717) is 12.3 Å². The van der Waals surface area contributed by atoms with Crippen LogP contribution in [0.3, 0.4) is 0 Å². The number of carbonyl (C=O) groups is 1. The first-order valence-corrected chi connectivity index (χ1v) is 7.90. The first-order chi connectivity index (χ1) is 10.6. The first-order valence-electron chi connectivity index (χ1n) is 7.90. The second-order valence-corrected chi connectivity index (χ2v) is 6.34. The van der Waals surface area contributed by atoms with E-state index < -0.39 is 0 Å². The van der Waals surface area contributed by atoms with Crippen LogP contribution in [0, 0.1) is 0 Å². The van der Waals surface area contributed by atoms with Crippen molar-refractivity contribution in [2.75, 3.05) is 0 Å². The molecular formula is C18H23N3O. The standard InChI is InChI=1S/C18H23N3O/c1-13-9-17(16-7-5-4-6-8-16)14(2)21(13)18(22)10-15-11-19-20(3)12-15/h4-8,11-14,17H,9-10H2,1-3H3. The molecule has 3 rings (SSSR count). The maximum atomic E-state index is 12.7. The highest BCUT2D eigenvalue weighted by Crippen LogP contribution is 2.37. The van der Waals surface area contributed by atoms with Gasteiger partial charge in [-0.25, -0.2) is 0 Å². The second kappa shape index (κ2) is 5.95. The minimum Gasteiger partial charge on any atom is -0.336 e. The molecule has 3 atom stereocenters. The van der Waals surface area contributed by atoms with Gasteiger partial charge in [-0.15, -0.1) is 0 Å². The Morgan fingerprint density at radius 2 is 2.00 bits per heavy atom. The van der Waals surface area contributed by atoms with Crippen molar-refractivity contribution in [3.05, 3.63) is 53.9 Å². The number of benzene rings is 1. The van der Waals surface area contributed by atoms with Gasteiger partial charge in [0.1, 0.15) is 0 Å². The number of nitrogens with zero attached hydrogens (tertiary/aromatic N) is 3. The smallest absolute Gasteiger partial charge is 0.227 e. The average molecular weight is 297 g/mol. The molecule has 4 heteroatoms. The zero-order chi connectivity index (χ0) is 15.7. The molecule has 0 aliphatic carbocycles. The molecule has 1 aromatic carbocycles. The number of hydrogen-bond acceptors (Lipinski definition) is 2. The van der Waals surface area contributed by atoms with Crippen molar-refractivity contribution in [3.8, 4) is 0 Å². The Labute approximate surface area is 131 Å². The Kier molecular flexibility index (Phi) is 4.01. The SMILES string of the molecule is CC1CC(c2ccccc2)C(C)N1C(=O)Cc1cnn(C)c1. The molecule has 3 unspecified atom stereocenters. The molecule has 116 valence electrons. The Hall–Kier alpha value is -2.10. The molecule has 0 saturated carbocycles. The summed E-state index contributed by atoms with van der Waals surface area (Å²) in [4.78, 5) is 14.8. The molecule has 1 aliphatic heterocycles. The zero-order valence-electron chi connectivity index (χ0n) is 13.4. The van der Waals surface area contributed by atoms with Crippen molar-refractivity contribution >= 4 is 5.91 Å². The van der Waals surface area contributed by atoms with E-state index in [1.54, 1.807) is 10.9 Å². The molecule has 0 radical (unpaired) electrons. The van der Waals surface area contributed by atoms with Crippen molar-refractivity contribution in [2.24, 2.45) is 7.05 Å². The summed E-state index contributed by atoms with van der Waals surface area (Å²) in [6.07, 6.45) is 5.16. The number of likely N-dealkylation sites (tertiary alicyclic amines) is 1. The third kappa shape index (κ3) is 2.78. The van der Waals surface area contributed by atoms with E-state index >= 15 is 0 Å². The minimum atomic E-state index is 0.200. The molecule has 1 fully saturated rings. The number of aryl methyl sites for hydroxylation is 1. The van der Waals surface area contributed by atoms with Crippen LogP contribution in [-0.4, -0.2) is 32.7 Å². The van der Waals surface area contributed by atoms with Gasteiger partial charge in [-0.3, -0.25) is 9.48 Å². The largest absolute Gasteiger partial charge is 0.336 e. The van der Waals surface area contributed by atoms with Gasteiger partial charge in [0.05, 0.1) is 12.6 Å². The Morgan fingerprint density at radius 3 is 2.64 bits per heavy atom. The maximum Gasteiger partial charge on any atom is 0.227 e. The van der Waals surface area contributed by atoms with Gasteiger partial charge < -0.3 is 4.90 Å². The van der Waals surface area contributed by atoms with E-state index in [0.717, 1.165) is 12.0 Å². The molecule has 0 bridgehead atoms. The number of amides is 1. The molecule has 4 nitrogen and oxygen atoms in total. The Morgan fingerprint density at radius 1 is 1.27 bits per heavy atom. The van der Waals surface area contributed by atoms with Crippen LogP contribution in [0.15, 0.2) is 42.7 Å². The summed E-state index contributed by atoms with van der Waals surface area (Å²) in [5.41, 5.74) is 2.31. The van der Waals surface area contributed by atoms with Gasteiger partial charge in [-0.2, -0.15) is 5.10 Å². The summed E-state index contributed by atoms with van der Waals surface area (Å²) in [6, 6.07) is 11.1. The summed E-state index contributed by atoms with van der Waals surface area (Å²) < 4.78 is 1.74. The van der Waals surface area contributed by atoms with Crippen LogP contribution >= 0.6 is 0 Å². The normalized spacial score (nSPS) is 24.7. The Balaban J connectivity index is 1.75. The molecule has 1 aliphatic rings. The van der Waals surface area contributed by atoms with Crippen LogP contribution in [0.5, 0.6) is 0 Å². The third-order valence-corrected chi connectivity index (χ3v) is 4.72. The van der Waals surface area contributed by atoms with Gasteiger partial charge in [0.25, 0.3) is 0 Å². The van der Waals surface area contributed by atoms with Gasteiger partial charge in [-0.1, -0.05) is 30.3 Å². The fourth-order valence-electron chi connectivity index (χ4n) is 3.69. The fourth-order valence-corrected chi connectivity index (χ4v) is 3.69. The highest BCUT2D eigenvalue weighted by atomic mass is 16.2. The van der Waals surface area contributed by atoms with Crippen LogP contribution in [0.1, 0.15) is 37.3 Å². The average Bonchev–Trinajstić information content (AvgIpc) is 3.03. The quantitative estimate of drug-likeness (QED) is 0.873. The van der Waals surface area contributed by atoms with Crippen molar-refractivity contribution in [2.45, 2.75) is 44.7 Å². The van der Waals surface area contributed by atoms with Crippen LogP contribution in [-0.2, 0) is 18.3 Å². The molecule has 22 heavy (non-hydrogen) atoms. The van der Waals surface area contributed by atoms with E-state index in [1.807, 2.05) is 19.3 Å². The molecule has 2 aromatic rings. The summed E-state index contributed by atoms with van der Waals surface area (Å²) in [6.45, 7) is 4.32. The number of rotatable bonds is 3. The van der Waals surface area contributed by atoms with Gasteiger partial charge >= 0.3 is 0 Å². The van der Waals surface area contributed by atoms with Crippen LogP contribution in [0.4, 0.5) is 0 Å². The summed E-state index contributed by atoms with van der Waals surface area (Å²) in [5, 5.41) is 4.14. The van der Waals surface area contributed by atoms with E-state index in [1.165, 1.54) is 5.56 Å². The third-order valence-electron chi connectivity index (χ3n) is 4.72.